The zero-order valence-corrected chi connectivity index (χ0v) is 22.7. The van der Waals surface area contributed by atoms with E-state index in [-0.39, 0.29) is 12.5 Å². The molecule has 3 N–H and O–H groups in total. The maximum atomic E-state index is 14.0. The van der Waals surface area contributed by atoms with E-state index in [0.29, 0.717) is 37.0 Å². The third-order valence-electron chi connectivity index (χ3n) is 6.81. The minimum Gasteiger partial charge on any atom is -0.494 e. The highest BCUT2D eigenvalue weighted by Crippen LogP contribution is 2.42. The van der Waals surface area contributed by atoms with Gasteiger partial charge in [0.05, 0.1) is 6.61 Å². The van der Waals surface area contributed by atoms with Gasteiger partial charge in [0.2, 0.25) is 5.90 Å². The first-order chi connectivity index (χ1) is 18.6. The molecule has 1 fully saturated rings. The second-order valence-electron chi connectivity index (χ2n) is 9.78. The molecule has 0 bridgehead atoms. The second kappa shape index (κ2) is 12.1. The number of nitrogens with one attached hydrogen (secondary N) is 2. The van der Waals surface area contributed by atoms with Crippen molar-refractivity contribution in [2.75, 3.05) is 19.8 Å². The molecule has 3 aromatic carbocycles. The Bertz CT molecular complexity index is 1250. The highest BCUT2D eigenvalue weighted by molar-refractivity contribution is 9.10. The molecule has 198 valence electrons. The first-order valence-corrected chi connectivity index (χ1v) is 13.8. The second-order valence-corrected chi connectivity index (χ2v) is 10.7. The Balaban J connectivity index is 1.50. The molecule has 0 unspecified atom stereocenters. The van der Waals surface area contributed by atoms with Gasteiger partial charge in [0.25, 0.3) is 5.91 Å². The molecule has 0 saturated heterocycles. The van der Waals surface area contributed by atoms with Gasteiger partial charge < -0.3 is 14.6 Å². The van der Waals surface area contributed by atoms with Crippen molar-refractivity contribution < 1.29 is 19.4 Å². The minimum atomic E-state index is -1.22. The van der Waals surface area contributed by atoms with Crippen LogP contribution in [0.5, 0.6) is 5.75 Å². The molecule has 1 aliphatic carbocycles. The topological polar surface area (TPSA) is 92.2 Å². The average Bonchev–Trinajstić information content (AvgIpc) is 3.69. The molecule has 5 rings (SSSR count). The maximum Gasteiger partial charge on any atom is 0.266 e. The number of halogens is 1. The smallest absolute Gasteiger partial charge is 0.266 e. The molecule has 0 spiro atoms. The van der Waals surface area contributed by atoms with E-state index in [1.165, 1.54) is 12.8 Å². The Morgan fingerprint density at radius 1 is 1.05 bits per heavy atom. The van der Waals surface area contributed by atoms with Gasteiger partial charge in [-0.25, -0.2) is 10.4 Å². The number of hydrogen-bond acceptors (Lipinski definition) is 6. The summed E-state index contributed by atoms with van der Waals surface area (Å²) >= 11 is 3.50. The fourth-order valence-electron chi connectivity index (χ4n) is 4.53. The molecule has 2 aliphatic rings. The van der Waals surface area contributed by atoms with Crippen LogP contribution in [0.4, 0.5) is 0 Å². The van der Waals surface area contributed by atoms with Crippen LogP contribution >= 0.6 is 15.9 Å². The number of carbonyl (C=O) groups excluding carboxylic acids is 1. The Morgan fingerprint density at radius 3 is 2.47 bits per heavy atom. The number of carbonyl (C=O) groups is 1. The van der Waals surface area contributed by atoms with Crippen LogP contribution in [0.2, 0.25) is 0 Å². The van der Waals surface area contributed by atoms with Gasteiger partial charge in [0.15, 0.2) is 11.6 Å². The van der Waals surface area contributed by atoms with E-state index < -0.39 is 11.6 Å². The number of hydrogen-bond donors (Lipinski definition) is 3. The van der Waals surface area contributed by atoms with Gasteiger partial charge in [0, 0.05) is 36.0 Å². The molecule has 1 saturated carbocycles. The summed E-state index contributed by atoms with van der Waals surface area (Å²) in [6.07, 6.45) is 2.68. The fraction of sp³-hybridized carbons (Fsp3) is 0.333. The summed E-state index contributed by atoms with van der Waals surface area (Å²) in [6.45, 7) is 1.26. The van der Waals surface area contributed by atoms with Gasteiger partial charge in [-0.15, -0.1) is 0 Å². The first kappa shape index (κ1) is 26.4. The predicted octanol–water partition coefficient (Wildman–Crippen LogP) is 4.74. The van der Waals surface area contributed by atoms with Gasteiger partial charge >= 0.3 is 0 Å². The molecule has 1 aliphatic heterocycles. The van der Waals surface area contributed by atoms with E-state index in [1.807, 2.05) is 78.9 Å². The Labute approximate surface area is 231 Å². The van der Waals surface area contributed by atoms with Crippen molar-refractivity contribution in [3.05, 3.63) is 100 Å². The number of benzene rings is 3. The molecule has 0 aromatic heterocycles. The van der Waals surface area contributed by atoms with E-state index in [9.17, 15) is 4.79 Å². The van der Waals surface area contributed by atoms with Gasteiger partial charge in [-0.2, -0.15) is 0 Å². The van der Waals surface area contributed by atoms with E-state index in [2.05, 4.69) is 26.8 Å². The quantitative estimate of drug-likeness (QED) is 0.213. The summed E-state index contributed by atoms with van der Waals surface area (Å²) in [5.41, 5.74) is 7.48. The number of nitrogens with zero attached hydrogens (tertiary/aromatic N) is 1. The molecule has 8 heteroatoms. The average molecular weight is 579 g/mol. The largest absolute Gasteiger partial charge is 0.494 e. The number of aliphatic hydroxyl groups excluding tert-OH is 1. The van der Waals surface area contributed by atoms with Gasteiger partial charge in [-0.1, -0.05) is 58.4 Å². The van der Waals surface area contributed by atoms with Crippen LogP contribution in [0.15, 0.2) is 88.3 Å². The van der Waals surface area contributed by atoms with Crippen molar-refractivity contribution in [2.45, 2.75) is 37.3 Å². The van der Waals surface area contributed by atoms with Crippen molar-refractivity contribution in [3.63, 3.8) is 0 Å². The minimum absolute atomic E-state index is 0.0850. The Kier molecular flexibility index (Phi) is 8.42. The van der Waals surface area contributed by atoms with Crippen LogP contribution in [0.1, 0.15) is 42.1 Å². The summed E-state index contributed by atoms with van der Waals surface area (Å²) in [7, 11) is 0. The van der Waals surface area contributed by atoms with E-state index in [4.69, 9.17) is 19.6 Å². The SMILES string of the molecule is O=C(NNCC1CC1)[C@@]1(Cc2ccc(Br)cc2)N=C(c2ccc(OCCCO)cc2)O[C@H]1c1ccccc1. The van der Waals surface area contributed by atoms with Crippen LogP contribution in [-0.2, 0) is 16.0 Å². The molecule has 0 radical (unpaired) electrons. The van der Waals surface area contributed by atoms with Crippen molar-refractivity contribution in [1.29, 1.82) is 0 Å². The number of aliphatic imine (C=N–C) groups is 1. The molecular weight excluding hydrogens is 546 g/mol. The number of rotatable bonds is 12. The molecule has 38 heavy (non-hydrogen) atoms. The number of aliphatic hydroxyl groups is 1. The Hall–Kier alpha value is -3.20. The van der Waals surface area contributed by atoms with Crippen molar-refractivity contribution in [3.8, 4) is 5.75 Å². The highest BCUT2D eigenvalue weighted by Gasteiger charge is 2.53. The lowest BCUT2D eigenvalue weighted by Gasteiger charge is -2.31. The summed E-state index contributed by atoms with van der Waals surface area (Å²) in [4.78, 5) is 19.0. The zero-order valence-electron chi connectivity index (χ0n) is 21.1. The van der Waals surface area contributed by atoms with E-state index in [0.717, 1.165) is 27.7 Å². The summed E-state index contributed by atoms with van der Waals surface area (Å²) in [5.74, 6) is 1.49. The van der Waals surface area contributed by atoms with Crippen molar-refractivity contribution >= 4 is 27.7 Å². The maximum absolute atomic E-state index is 14.0. The lowest BCUT2D eigenvalue weighted by atomic mass is 9.82. The first-order valence-electron chi connectivity index (χ1n) is 13.0. The molecule has 2 atom stereocenters. The Morgan fingerprint density at radius 2 is 1.79 bits per heavy atom. The van der Waals surface area contributed by atoms with E-state index in [1.54, 1.807) is 0 Å². The monoisotopic (exact) mass is 577 g/mol. The van der Waals surface area contributed by atoms with Crippen molar-refractivity contribution in [2.24, 2.45) is 10.9 Å². The van der Waals surface area contributed by atoms with Crippen LogP contribution in [0.25, 0.3) is 0 Å². The highest BCUT2D eigenvalue weighted by atomic mass is 79.9. The normalized spacial score (nSPS) is 20.5. The summed E-state index contributed by atoms with van der Waals surface area (Å²) < 4.78 is 13.2. The molecule has 3 aromatic rings. The standard InChI is InChI=1S/C30H32BrN3O4/c31-25-13-9-21(10-14-25)19-30(29(36)34-32-20-22-7-8-22)27(23-5-2-1-3-6-23)38-28(33-30)24-11-15-26(16-12-24)37-18-4-17-35/h1-3,5-6,9-16,22,27,32,35H,4,7-8,17-20H2,(H,34,36)/t27-,30-/m0/s1. The van der Waals surface area contributed by atoms with Crippen LogP contribution in [0.3, 0.4) is 0 Å². The van der Waals surface area contributed by atoms with Crippen molar-refractivity contribution in [1.82, 2.24) is 10.9 Å². The fourth-order valence-corrected chi connectivity index (χ4v) is 4.79. The predicted molar refractivity (Wildman–Crippen MR) is 150 cm³/mol. The molecule has 1 amide bonds. The summed E-state index contributed by atoms with van der Waals surface area (Å²) in [6, 6.07) is 25.2. The number of amides is 1. The van der Waals surface area contributed by atoms with Crippen LogP contribution < -0.4 is 15.6 Å². The number of ether oxygens (including phenoxy) is 2. The number of hydrazine groups is 1. The van der Waals surface area contributed by atoms with Crippen LogP contribution in [0, 0.1) is 5.92 Å². The molecule has 1 heterocycles. The third kappa shape index (κ3) is 6.26. The van der Waals surface area contributed by atoms with Crippen LogP contribution in [-0.4, -0.2) is 42.2 Å². The van der Waals surface area contributed by atoms with Gasteiger partial charge in [0.1, 0.15) is 5.75 Å². The molecule has 7 nitrogen and oxygen atoms in total. The summed E-state index contributed by atoms with van der Waals surface area (Å²) in [5, 5.41) is 9.00. The van der Waals surface area contributed by atoms with Gasteiger partial charge in [-0.05, 0) is 66.3 Å². The lowest BCUT2D eigenvalue weighted by Crippen LogP contribution is -2.54. The zero-order chi connectivity index (χ0) is 26.4. The lowest BCUT2D eigenvalue weighted by molar-refractivity contribution is -0.130. The third-order valence-corrected chi connectivity index (χ3v) is 7.34. The molecular formula is C30H32BrN3O4. The van der Waals surface area contributed by atoms with E-state index >= 15 is 0 Å². The van der Waals surface area contributed by atoms with Gasteiger partial charge in [-0.3, -0.25) is 10.2 Å².